The summed E-state index contributed by atoms with van der Waals surface area (Å²) in [5.41, 5.74) is 1.66. The van der Waals surface area contributed by atoms with Crippen molar-refractivity contribution in [2.75, 3.05) is 0 Å². The number of amides is 1. The van der Waals surface area contributed by atoms with Crippen LogP contribution in [0.2, 0.25) is 15.1 Å². The summed E-state index contributed by atoms with van der Waals surface area (Å²) in [5, 5.41) is 1.42. The van der Waals surface area contributed by atoms with Crippen LogP contribution in [0, 0.1) is 0 Å². The van der Waals surface area contributed by atoms with Gasteiger partial charge in [-0.05, 0) is 35.4 Å². The number of ether oxygens (including phenoxy) is 2. The van der Waals surface area contributed by atoms with Crippen molar-refractivity contribution in [3.8, 4) is 0 Å². The average molecular weight is 455 g/mol. The van der Waals surface area contributed by atoms with Gasteiger partial charge in [0.05, 0.1) is 16.1 Å². The third-order valence-electron chi connectivity index (χ3n) is 4.11. The fraction of sp³-hybridized carbons (Fsp3) is 0.238. The van der Waals surface area contributed by atoms with E-state index in [0.29, 0.717) is 21.6 Å². The van der Waals surface area contributed by atoms with Gasteiger partial charge in [-0.2, -0.15) is 0 Å². The number of cyclic esters (lactones) is 1. The maximum Gasteiger partial charge on any atom is 0.377 e. The van der Waals surface area contributed by atoms with Gasteiger partial charge in [0.2, 0.25) is 11.5 Å². The Bertz CT molecular complexity index is 970. The zero-order chi connectivity index (χ0) is 21.2. The second-order valence-electron chi connectivity index (χ2n) is 6.97. The van der Waals surface area contributed by atoms with E-state index < -0.39 is 17.7 Å². The molecule has 0 radical (unpaired) electrons. The largest absolute Gasteiger partial charge is 0.445 e. The first-order valence-electron chi connectivity index (χ1n) is 8.74. The molecule has 3 rings (SSSR count). The Labute approximate surface area is 183 Å². The minimum atomic E-state index is -1.10. The van der Waals surface area contributed by atoms with Crippen molar-refractivity contribution >= 4 is 46.7 Å². The van der Waals surface area contributed by atoms with Crippen LogP contribution in [0.3, 0.4) is 0 Å². The summed E-state index contributed by atoms with van der Waals surface area (Å²) >= 11 is 18.0. The van der Waals surface area contributed by atoms with Gasteiger partial charge in [-0.3, -0.25) is 4.79 Å². The highest BCUT2D eigenvalue weighted by Crippen LogP contribution is 2.27. The first-order valence-corrected chi connectivity index (χ1v) is 9.88. The van der Waals surface area contributed by atoms with Gasteiger partial charge in [0.1, 0.15) is 0 Å². The van der Waals surface area contributed by atoms with Crippen molar-refractivity contribution in [3.05, 3.63) is 80.5 Å². The predicted octanol–water partition coefficient (Wildman–Crippen LogP) is 5.37. The Hall–Kier alpha value is -2.21. The minimum Gasteiger partial charge on any atom is -0.445 e. The summed E-state index contributed by atoms with van der Waals surface area (Å²) in [7, 11) is 0. The van der Waals surface area contributed by atoms with Crippen molar-refractivity contribution < 1.29 is 19.1 Å². The molecule has 0 atom stereocenters. The SMILES string of the molecule is CC1(C)OC(=O)/C(=C\C(=O)N(Cc2ccc(Cl)cc2)Cc2ccc(Cl)c(Cl)c2)O1. The van der Waals surface area contributed by atoms with Gasteiger partial charge in [0.15, 0.2) is 0 Å². The van der Waals surface area contributed by atoms with Gasteiger partial charge in [0, 0.05) is 32.0 Å². The van der Waals surface area contributed by atoms with E-state index in [4.69, 9.17) is 44.3 Å². The molecule has 0 N–H and O–H groups in total. The van der Waals surface area contributed by atoms with E-state index in [9.17, 15) is 9.59 Å². The van der Waals surface area contributed by atoms with Gasteiger partial charge in [0.25, 0.3) is 5.91 Å². The molecule has 0 unspecified atom stereocenters. The molecular weight excluding hydrogens is 437 g/mol. The molecular formula is C21H18Cl3NO4. The number of hydrogen-bond acceptors (Lipinski definition) is 4. The highest BCUT2D eigenvalue weighted by Gasteiger charge is 2.38. The Morgan fingerprint density at radius 2 is 1.59 bits per heavy atom. The molecule has 1 saturated heterocycles. The molecule has 0 spiro atoms. The van der Waals surface area contributed by atoms with Gasteiger partial charge in [-0.15, -0.1) is 0 Å². The lowest BCUT2D eigenvalue weighted by Crippen LogP contribution is -2.29. The van der Waals surface area contributed by atoms with Gasteiger partial charge < -0.3 is 14.4 Å². The lowest BCUT2D eigenvalue weighted by Gasteiger charge is -2.22. The number of esters is 1. The maximum absolute atomic E-state index is 13.0. The fourth-order valence-electron chi connectivity index (χ4n) is 2.77. The number of nitrogens with zero attached hydrogens (tertiary/aromatic N) is 1. The van der Waals surface area contributed by atoms with Crippen molar-refractivity contribution in [2.45, 2.75) is 32.7 Å². The molecule has 152 valence electrons. The van der Waals surface area contributed by atoms with Crippen molar-refractivity contribution in [1.82, 2.24) is 4.90 Å². The summed E-state index contributed by atoms with van der Waals surface area (Å²) in [4.78, 5) is 26.5. The number of halogens is 3. The summed E-state index contributed by atoms with van der Waals surface area (Å²) in [5.74, 6) is -2.32. The van der Waals surface area contributed by atoms with Gasteiger partial charge >= 0.3 is 5.97 Å². The topological polar surface area (TPSA) is 55.8 Å². The molecule has 29 heavy (non-hydrogen) atoms. The predicted molar refractivity (Wildman–Crippen MR) is 112 cm³/mol. The summed E-state index contributed by atoms with van der Waals surface area (Å²) in [6.07, 6.45) is 1.14. The molecule has 1 amide bonds. The lowest BCUT2D eigenvalue weighted by molar-refractivity contribution is -0.159. The van der Waals surface area contributed by atoms with Gasteiger partial charge in [-0.1, -0.05) is 53.0 Å². The molecule has 5 nitrogen and oxygen atoms in total. The molecule has 8 heteroatoms. The maximum atomic E-state index is 13.0. The third-order valence-corrected chi connectivity index (χ3v) is 5.10. The van der Waals surface area contributed by atoms with E-state index in [0.717, 1.165) is 17.2 Å². The summed E-state index contributed by atoms with van der Waals surface area (Å²) in [6.45, 7) is 3.73. The fourth-order valence-corrected chi connectivity index (χ4v) is 3.22. The van der Waals surface area contributed by atoms with Crippen molar-refractivity contribution in [3.63, 3.8) is 0 Å². The summed E-state index contributed by atoms with van der Waals surface area (Å²) in [6, 6.07) is 12.3. The molecule has 1 aliphatic rings. The zero-order valence-corrected chi connectivity index (χ0v) is 18.0. The van der Waals surface area contributed by atoms with Crippen LogP contribution in [0.1, 0.15) is 25.0 Å². The average Bonchev–Trinajstić information content (AvgIpc) is 2.90. The van der Waals surface area contributed by atoms with E-state index >= 15 is 0 Å². The number of carbonyl (C=O) groups excluding carboxylic acids is 2. The molecule has 0 aliphatic carbocycles. The Morgan fingerprint density at radius 1 is 0.966 bits per heavy atom. The molecule has 2 aromatic rings. The second kappa shape index (κ2) is 8.66. The molecule has 0 bridgehead atoms. The number of rotatable bonds is 5. The minimum absolute atomic E-state index is 0.129. The Balaban J connectivity index is 1.86. The highest BCUT2D eigenvalue weighted by molar-refractivity contribution is 6.42. The quantitative estimate of drug-likeness (QED) is 0.450. The standard InChI is InChI=1S/C21H18Cl3NO4/c1-21(2)28-18(20(27)29-21)10-19(26)25(11-13-3-6-15(22)7-4-13)12-14-5-8-16(23)17(24)9-14/h3-10H,11-12H2,1-2H3/b18-10+. The molecule has 1 fully saturated rings. The van der Waals surface area contributed by atoms with Crippen LogP contribution in [0.25, 0.3) is 0 Å². The summed E-state index contributed by atoms with van der Waals surface area (Å²) < 4.78 is 10.5. The van der Waals surface area contributed by atoms with E-state index in [1.54, 1.807) is 49.1 Å². The van der Waals surface area contributed by atoms with E-state index in [-0.39, 0.29) is 12.3 Å². The van der Waals surface area contributed by atoms with Crippen LogP contribution >= 0.6 is 34.8 Å². The van der Waals surface area contributed by atoms with Crippen LogP contribution in [0.5, 0.6) is 0 Å². The Kier molecular flexibility index (Phi) is 6.42. The van der Waals surface area contributed by atoms with Crippen LogP contribution in [0.4, 0.5) is 0 Å². The van der Waals surface area contributed by atoms with E-state index in [2.05, 4.69) is 0 Å². The van der Waals surface area contributed by atoms with Crippen LogP contribution in [-0.2, 0) is 32.2 Å². The van der Waals surface area contributed by atoms with E-state index in [1.807, 2.05) is 12.1 Å². The molecule has 0 aromatic heterocycles. The van der Waals surface area contributed by atoms with Crippen molar-refractivity contribution in [1.29, 1.82) is 0 Å². The lowest BCUT2D eigenvalue weighted by atomic mass is 10.1. The number of benzene rings is 2. The molecule has 1 aliphatic heterocycles. The molecule has 0 saturated carbocycles. The van der Waals surface area contributed by atoms with E-state index in [1.165, 1.54) is 0 Å². The third kappa shape index (κ3) is 5.66. The monoisotopic (exact) mass is 453 g/mol. The van der Waals surface area contributed by atoms with Crippen LogP contribution < -0.4 is 0 Å². The smallest absolute Gasteiger partial charge is 0.377 e. The normalized spacial score (nSPS) is 16.4. The van der Waals surface area contributed by atoms with Crippen LogP contribution in [0.15, 0.2) is 54.3 Å². The van der Waals surface area contributed by atoms with Gasteiger partial charge in [-0.25, -0.2) is 4.79 Å². The second-order valence-corrected chi connectivity index (χ2v) is 8.22. The van der Waals surface area contributed by atoms with Crippen LogP contribution in [-0.4, -0.2) is 22.6 Å². The molecule has 1 heterocycles. The Morgan fingerprint density at radius 3 is 2.17 bits per heavy atom. The zero-order valence-electron chi connectivity index (χ0n) is 15.7. The first-order chi connectivity index (χ1) is 13.6. The number of hydrogen-bond donors (Lipinski definition) is 0. The van der Waals surface area contributed by atoms with Crippen molar-refractivity contribution in [2.24, 2.45) is 0 Å². The number of carbonyl (C=O) groups is 2. The first kappa shape index (κ1) is 21.5. The molecule has 2 aromatic carbocycles. The highest BCUT2D eigenvalue weighted by atomic mass is 35.5.